The van der Waals surface area contributed by atoms with Gasteiger partial charge in [-0.2, -0.15) is 0 Å². The first-order valence-corrected chi connectivity index (χ1v) is 5.19. The van der Waals surface area contributed by atoms with Crippen LogP contribution >= 0.6 is 11.8 Å². The van der Waals surface area contributed by atoms with Gasteiger partial charge in [0.1, 0.15) is 0 Å². The Morgan fingerprint density at radius 3 is 2.69 bits per heavy atom. The summed E-state index contributed by atoms with van der Waals surface area (Å²) in [7, 11) is 3.80. The molecule has 0 radical (unpaired) electrons. The van der Waals surface area contributed by atoms with Gasteiger partial charge in [-0.15, -0.1) is 11.8 Å². The Balaban J connectivity index is 3.49. The lowest BCUT2D eigenvalue weighted by atomic mass is 10.7. The molecular formula is C8H16FNO2S. The largest absolute Gasteiger partial charge is 0.463 e. The zero-order valence-electron chi connectivity index (χ0n) is 8.25. The van der Waals surface area contributed by atoms with Gasteiger partial charge in [-0.3, -0.25) is 0 Å². The Bertz CT molecular complexity index is 155. The van der Waals surface area contributed by atoms with E-state index in [1.54, 1.807) is 6.92 Å². The first kappa shape index (κ1) is 12.7. The van der Waals surface area contributed by atoms with Crippen LogP contribution < -0.4 is 0 Å². The molecule has 5 heteroatoms. The number of halogens is 1. The van der Waals surface area contributed by atoms with Crippen LogP contribution in [0.4, 0.5) is 4.39 Å². The van der Waals surface area contributed by atoms with E-state index < -0.39 is 11.5 Å². The summed E-state index contributed by atoms with van der Waals surface area (Å²) in [6.45, 7) is 2.65. The monoisotopic (exact) mass is 209 g/mol. The molecule has 13 heavy (non-hydrogen) atoms. The van der Waals surface area contributed by atoms with Gasteiger partial charge in [-0.25, -0.2) is 9.18 Å². The van der Waals surface area contributed by atoms with E-state index in [0.29, 0.717) is 5.75 Å². The van der Waals surface area contributed by atoms with Crippen molar-refractivity contribution in [2.24, 2.45) is 0 Å². The summed E-state index contributed by atoms with van der Waals surface area (Å²) < 4.78 is 17.4. The van der Waals surface area contributed by atoms with Gasteiger partial charge in [0.05, 0.1) is 6.61 Å². The van der Waals surface area contributed by atoms with Crippen molar-refractivity contribution in [3.63, 3.8) is 0 Å². The van der Waals surface area contributed by atoms with Gasteiger partial charge in [-0.1, -0.05) is 0 Å². The van der Waals surface area contributed by atoms with Crippen LogP contribution in [-0.4, -0.2) is 49.4 Å². The van der Waals surface area contributed by atoms with Crippen molar-refractivity contribution in [3.8, 4) is 0 Å². The fraction of sp³-hybridized carbons (Fsp3) is 0.875. The third-order valence-corrected chi connectivity index (χ3v) is 2.18. The van der Waals surface area contributed by atoms with Crippen LogP contribution in [-0.2, 0) is 9.53 Å². The molecule has 78 valence electrons. The number of esters is 1. The van der Waals surface area contributed by atoms with E-state index in [4.69, 9.17) is 0 Å². The highest BCUT2D eigenvalue weighted by Crippen LogP contribution is 2.13. The maximum absolute atomic E-state index is 12.9. The number of ether oxygens (including phenoxy) is 1. The van der Waals surface area contributed by atoms with Crippen molar-refractivity contribution in [1.82, 2.24) is 4.90 Å². The molecule has 0 aliphatic carbocycles. The quantitative estimate of drug-likeness (QED) is 0.614. The number of rotatable bonds is 6. The fourth-order valence-electron chi connectivity index (χ4n) is 0.615. The molecular weight excluding hydrogens is 193 g/mol. The van der Waals surface area contributed by atoms with E-state index in [1.165, 1.54) is 0 Å². The van der Waals surface area contributed by atoms with Crippen molar-refractivity contribution < 1.29 is 13.9 Å². The van der Waals surface area contributed by atoms with Crippen molar-refractivity contribution in [2.75, 3.05) is 33.0 Å². The number of hydrogen-bond acceptors (Lipinski definition) is 4. The van der Waals surface area contributed by atoms with Crippen LogP contribution in [0.25, 0.3) is 0 Å². The molecule has 1 atom stereocenters. The highest BCUT2D eigenvalue weighted by atomic mass is 32.2. The topological polar surface area (TPSA) is 29.5 Å². The molecule has 0 aliphatic rings. The summed E-state index contributed by atoms with van der Waals surface area (Å²) in [4.78, 5) is 12.7. The molecule has 0 saturated carbocycles. The minimum atomic E-state index is -1.54. The lowest BCUT2D eigenvalue weighted by Gasteiger charge is -2.10. The summed E-state index contributed by atoms with van der Waals surface area (Å²) in [5, 5.41) is 0. The third kappa shape index (κ3) is 6.83. The Morgan fingerprint density at radius 2 is 2.23 bits per heavy atom. The molecule has 0 aromatic heterocycles. The van der Waals surface area contributed by atoms with E-state index in [9.17, 15) is 9.18 Å². The van der Waals surface area contributed by atoms with Gasteiger partial charge in [0.15, 0.2) is 0 Å². The summed E-state index contributed by atoms with van der Waals surface area (Å²) in [6.07, 6.45) is 0. The Morgan fingerprint density at radius 1 is 1.62 bits per heavy atom. The Labute approximate surface area is 82.6 Å². The maximum atomic E-state index is 12.9. The van der Waals surface area contributed by atoms with Crippen LogP contribution in [0.5, 0.6) is 0 Å². The minimum Gasteiger partial charge on any atom is -0.463 e. The van der Waals surface area contributed by atoms with Gasteiger partial charge < -0.3 is 9.64 Å². The van der Waals surface area contributed by atoms with Crippen molar-refractivity contribution in [3.05, 3.63) is 0 Å². The SMILES string of the molecule is CCOC(=O)C(F)SCCN(C)C. The van der Waals surface area contributed by atoms with Crippen LogP contribution in [0.15, 0.2) is 0 Å². The van der Waals surface area contributed by atoms with Gasteiger partial charge in [-0.05, 0) is 21.0 Å². The van der Waals surface area contributed by atoms with Crippen molar-refractivity contribution in [1.29, 1.82) is 0 Å². The zero-order chi connectivity index (χ0) is 10.3. The number of alkyl halides is 1. The second-order valence-electron chi connectivity index (χ2n) is 2.74. The van der Waals surface area contributed by atoms with E-state index in [2.05, 4.69) is 4.74 Å². The van der Waals surface area contributed by atoms with E-state index >= 15 is 0 Å². The van der Waals surface area contributed by atoms with E-state index in [-0.39, 0.29) is 6.61 Å². The molecule has 1 unspecified atom stereocenters. The van der Waals surface area contributed by atoms with Crippen LogP contribution in [0.1, 0.15) is 6.92 Å². The molecule has 3 nitrogen and oxygen atoms in total. The second kappa shape index (κ2) is 7.15. The number of carbonyl (C=O) groups is 1. The Hall–Kier alpha value is -0.290. The van der Waals surface area contributed by atoms with E-state index in [1.807, 2.05) is 19.0 Å². The first-order valence-electron chi connectivity index (χ1n) is 4.15. The second-order valence-corrected chi connectivity index (χ2v) is 3.90. The molecule has 0 saturated heterocycles. The molecule has 0 heterocycles. The average Bonchev–Trinajstić information content (AvgIpc) is 2.04. The molecule has 0 N–H and O–H groups in total. The van der Waals surface area contributed by atoms with Crippen LogP contribution in [0.3, 0.4) is 0 Å². The van der Waals surface area contributed by atoms with Crippen LogP contribution in [0.2, 0.25) is 0 Å². The molecule has 0 bridgehead atoms. The van der Waals surface area contributed by atoms with Crippen molar-refractivity contribution >= 4 is 17.7 Å². The number of carbonyl (C=O) groups excluding carboxylic acids is 1. The third-order valence-electron chi connectivity index (χ3n) is 1.27. The van der Waals surface area contributed by atoms with Crippen molar-refractivity contribution in [2.45, 2.75) is 12.4 Å². The van der Waals surface area contributed by atoms with E-state index in [0.717, 1.165) is 18.3 Å². The smallest absolute Gasteiger partial charge is 0.351 e. The molecule has 0 aliphatic heterocycles. The van der Waals surface area contributed by atoms with Crippen LogP contribution in [0, 0.1) is 0 Å². The highest BCUT2D eigenvalue weighted by Gasteiger charge is 2.18. The lowest BCUT2D eigenvalue weighted by Crippen LogP contribution is -2.20. The normalized spacial score (nSPS) is 13.0. The number of thioether (sulfide) groups is 1. The minimum absolute atomic E-state index is 0.230. The average molecular weight is 209 g/mol. The van der Waals surface area contributed by atoms with Gasteiger partial charge in [0, 0.05) is 12.3 Å². The zero-order valence-corrected chi connectivity index (χ0v) is 9.07. The molecule has 0 spiro atoms. The number of nitrogens with zero attached hydrogens (tertiary/aromatic N) is 1. The number of hydrogen-bond donors (Lipinski definition) is 0. The molecule has 0 amide bonds. The first-order chi connectivity index (χ1) is 6.07. The van der Waals surface area contributed by atoms with Gasteiger partial charge in [0.2, 0.25) is 5.50 Å². The highest BCUT2D eigenvalue weighted by molar-refractivity contribution is 8.00. The van der Waals surface area contributed by atoms with Gasteiger partial charge in [0.25, 0.3) is 0 Å². The summed E-state index contributed by atoms with van der Waals surface area (Å²) >= 11 is 0.970. The molecule has 0 rings (SSSR count). The van der Waals surface area contributed by atoms with Gasteiger partial charge >= 0.3 is 5.97 Å². The fourth-order valence-corrected chi connectivity index (χ4v) is 1.50. The lowest BCUT2D eigenvalue weighted by molar-refractivity contribution is -0.145. The Kier molecular flexibility index (Phi) is 6.99. The molecule has 0 aromatic carbocycles. The maximum Gasteiger partial charge on any atom is 0.351 e. The summed E-state index contributed by atoms with van der Waals surface area (Å²) in [5.41, 5.74) is -1.54. The standard InChI is InChI=1S/C8H16FNO2S/c1-4-12-8(11)7(9)13-6-5-10(2)3/h7H,4-6H2,1-3H3. The predicted octanol–water partition coefficient (Wildman–Crippen LogP) is 1.14. The summed E-state index contributed by atoms with van der Waals surface area (Å²) in [5.74, 6) is -0.182. The summed E-state index contributed by atoms with van der Waals surface area (Å²) in [6, 6.07) is 0. The predicted molar refractivity (Wildman–Crippen MR) is 52.5 cm³/mol. The molecule has 0 fully saturated rings. The molecule has 0 aromatic rings.